The molecule has 8 heteroatoms. The van der Waals surface area contributed by atoms with E-state index in [9.17, 15) is 12.8 Å². The van der Waals surface area contributed by atoms with Gasteiger partial charge in [-0.25, -0.2) is 17.5 Å². The molecule has 120 valence electrons. The number of halogens is 3. The molecule has 1 aromatic carbocycles. The van der Waals surface area contributed by atoms with Gasteiger partial charge in [-0.3, -0.25) is 0 Å². The lowest BCUT2D eigenvalue weighted by molar-refractivity contribution is 0.358. The van der Waals surface area contributed by atoms with Crippen LogP contribution < -0.4 is 10.0 Å². The lowest BCUT2D eigenvalue weighted by atomic mass is 9.96. The van der Waals surface area contributed by atoms with Crippen molar-refractivity contribution in [1.29, 1.82) is 0 Å². The van der Waals surface area contributed by atoms with Crippen LogP contribution in [0.5, 0.6) is 0 Å². The Morgan fingerprint density at radius 3 is 2.81 bits per heavy atom. The Morgan fingerprint density at radius 1 is 1.43 bits per heavy atom. The van der Waals surface area contributed by atoms with Gasteiger partial charge in [-0.2, -0.15) is 0 Å². The first-order valence-corrected chi connectivity index (χ1v) is 8.50. The minimum absolute atomic E-state index is 0. The van der Waals surface area contributed by atoms with Gasteiger partial charge in [0.25, 0.3) is 0 Å². The Morgan fingerprint density at radius 2 is 2.19 bits per heavy atom. The van der Waals surface area contributed by atoms with Crippen molar-refractivity contribution in [3.8, 4) is 0 Å². The zero-order valence-corrected chi connectivity index (χ0v) is 13.8. The molecule has 0 radical (unpaired) electrons. The van der Waals surface area contributed by atoms with Gasteiger partial charge in [0.05, 0.1) is 5.02 Å². The number of hydrogen-bond acceptors (Lipinski definition) is 3. The summed E-state index contributed by atoms with van der Waals surface area (Å²) in [5.41, 5.74) is 0. The Hall–Kier alpha value is -0.400. The van der Waals surface area contributed by atoms with Crippen LogP contribution in [-0.4, -0.2) is 28.1 Å². The second kappa shape index (κ2) is 8.29. The van der Waals surface area contributed by atoms with Gasteiger partial charge in [0.2, 0.25) is 10.0 Å². The lowest BCUT2D eigenvalue weighted by Crippen LogP contribution is -2.33. The van der Waals surface area contributed by atoms with Crippen molar-refractivity contribution in [2.45, 2.75) is 24.2 Å². The molecule has 2 rings (SSSR count). The van der Waals surface area contributed by atoms with Crippen molar-refractivity contribution in [2.24, 2.45) is 5.92 Å². The number of benzene rings is 1. The van der Waals surface area contributed by atoms with Crippen molar-refractivity contribution in [3.63, 3.8) is 0 Å². The van der Waals surface area contributed by atoms with Crippen LogP contribution in [0.15, 0.2) is 23.1 Å². The Kier molecular flexibility index (Phi) is 7.36. The molecule has 0 spiro atoms. The summed E-state index contributed by atoms with van der Waals surface area (Å²) in [5.74, 6) is -0.0580. The average molecular weight is 357 g/mol. The smallest absolute Gasteiger partial charge is 0.242 e. The molecule has 1 heterocycles. The largest absolute Gasteiger partial charge is 0.316 e. The highest BCUT2D eigenvalue weighted by Gasteiger charge is 2.19. The van der Waals surface area contributed by atoms with Crippen molar-refractivity contribution < 1.29 is 12.8 Å². The molecule has 1 saturated heterocycles. The molecule has 1 unspecified atom stereocenters. The second-order valence-corrected chi connectivity index (χ2v) is 7.12. The summed E-state index contributed by atoms with van der Waals surface area (Å²) < 4.78 is 39.6. The van der Waals surface area contributed by atoms with Gasteiger partial charge in [0.1, 0.15) is 10.7 Å². The Balaban J connectivity index is 0.00000220. The van der Waals surface area contributed by atoms with E-state index in [0.717, 1.165) is 44.5 Å². The fourth-order valence-corrected chi connectivity index (χ4v) is 3.92. The molecule has 4 nitrogen and oxygen atoms in total. The number of rotatable bonds is 5. The van der Waals surface area contributed by atoms with Gasteiger partial charge >= 0.3 is 0 Å². The van der Waals surface area contributed by atoms with Gasteiger partial charge in [0.15, 0.2) is 0 Å². The third-order valence-corrected chi connectivity index (χ3v) is 5.37. The predicted molar refractivity (Wildman–Crippen MR) is 84.1 cm³/mol. The van der Waals surface area contributed by atoms with Crippen molar-refractivity contribution in [3.05, 3.63) is 29.0 Å². The maximum Gasteiger partial charge on any atom is 0.242 e. The van der Waals surface area contributed by atoms with E-state index in [-0.39, 0.29) is 22.3 Å². The van der Waals surface area contributed by atoms with Crippen LogP contribution in [0, 0.1) is 11.7 Å². The number of sulfonamides is 1. The van der Waals surface area contributed by atoms with E-state index in [4.69, 9.17) is 11.6 Å². The first kappa shape index (κ1) is 18.6. The number of piperidine rings is 1. The lowest BCUT2D eigenvalue weighted by Gasteiger charge is -2.22. The molecule has 0 bridgehead atoms. The molecule has 1 aliphatic rings. The molecule has 1 aliphatic heterocycles. The fraction of sp³-hybridized carbons (Fsp3) is 0.538. The molecular weight excluding hydrogens is 338 g/mol. The van der Waals surface area contributed by atoms with Crippen molar-refractivity contribution >= 4 is 34.0 Å². The van der Waals surface area contributed by atoms with Crippen LogP contribution in [0.1, 0.15) is 19.3 Å². The second-order valence-electron chi connectivity index (χ2n) is 4.97. The maximum absolute atomic E-state index is 12.9. The Labute approximate surface area is 135 Å². The molecule has 0 amide bonds. The molecule has 0 aromatic heterocycles. The zero-order valence-electron chi connectivity index (χ0n) is 11.4. The van der Waals surface area contributed by atoms with Gasteiger partial charge in [-0.05, 0) is 56.5 Å². The van der Waals surface area contributed by atoms with E-state index in [1.54, 1.807) is 0 Å². The Bertz CT molecular complexity index is 563. The van der Waals surface area contributed by atoms with Crippen molar-refractivity contribution in [2.75, 3.05) is 19.6 Å². The van der Waals surface area contributed by atoms with Crippen LogP contribution in [0.4, 0.5) is 4.39 Å². The molecule has 21 heavy (non-hydrogen) atoms. The fourth-order valence-electron chi connectivity index (χ4n) is 2.34. The zero-order chi connectivity index (χ0) is 14.6. The number of hydrogen-bond donors (Lipinski definition) is 2. The van der Waals surface area contributed by atoms with Gasteiger partial charge < -0.3 is 5.32 Å². The molecule has 0 saturated carbocycles. The standard InChI is InChI=1S/C13H18ClFN2O2S.ClH/c14-12-8-11(15)3-4-13(12)20(18,19)17-7-5-10-2-1-6-16-9-10;/h3-4,8,10,16-17H,1-2,5-7,9H2;1H. The highest BCUT2D eigenvalue weighted by molar-refractivity contribution is 7.89. The highest BCUT2D eigenvalue weighted by atomic mass is 35.5. The SMILES string of the molecule is Cl.O=S(=O)(NCCC1CCCNC1)c1ccc(F)cc1Cl. The summed E-state index contributed by atoms with van der Waals surface area (Å²) in [5, 5.41) is 3.19. The van der Waals surface area contributed by atoms with E-state index >= 15 is 0 Å². The minimum Gasteiger partial charge on any atom is -0.316 e. The van der Waals surface area contributed by atoms with Crippen LogP contribution in [0.25, 0.3) is 0 Å². The summed E-state index contributed by atoms with van der Waals surface area (Å²) in [6.07, 6.45) is 3.03. The normalized spacial score (nSPS) is 19.0. The quantitative estimate of drug-likeness (QED) is 0.852. The number of nitrogens with one attached hydrogen (secondary N) is 2. The monoisotopic (exact) mass is 356 g/mol. The summed E-state index contributed by atoms with van der Waals surface area (Å²) in [6, 6.07) is 3.27. The van der Waals surface area contributed by atoms with Gasteiger partial charge in [0, 0.05) is 6.54 Å². The van der Waals surface area contributed by atoms with E-state index in [1.807, 2.05) is 0 Å². The van der Waals surface area contributed by atoms with E-state index < -0.39 is 15.8 Å². The summed E-state index contributed by atoms with van der Waals surface area (Å²) in [6.45, 7) is 2.33. The van der Waals surface area contributed by atoms with Crippen LogP contribution in [0.2, 0.25) is 5.02 Å². The maximum atomic E-state index is 12.9. The summed E-state index contributed by atoms with van der Waals surface area (Å²) in [7, 11) is -3.68. The molecule has 1 fully saturated rings. The third-order valence-electron chi connectivity index (χ3n) is 3.43. The van der Waals surface area contributed by atoms with Gasteiger partial charge in [-0.1, -0.05) is 11.6 Å². The molecule has 2 N–H and O–H groups in total. The minimum atomic E-state index is -3.68. The van der Waals surface area contributed by atoms with Crippen LogP contribution >= 0.6 is 24.0 Å². The van der Waals surface area contributed by atoms with Crippen molar-refractivity contribution in [1.82, 2.24) is 10.0 Å². The van der Waals surface area contributed by atoms with Crippen LogP contribution in [-0.2, 0) is 10.0 Å². The van der Waals surface area contributed by atoms with E-state index in [0.29, 0.717) is 12.5 Å². The molecule has 1 aromatic rings. The third kappa shape index (κ3) is 5.38. The van der Waals surface area contributed by atoms with E-state index in [1.165, 1.54) is 6.07 Å². The summed E-state index contributed by atoms with van der Waals surface area (Å²) in [4.78, 5) is -0.0812. The average Bonchev–Trinajstić information content (AvgIpc) is 2.39. The molecule has 1 atom stereocenters. The van der Waals surface area contributed by atoms with Crippen LogP contribution in [0.3, 0.4) is 0 Å². The summed E-state index contributed by atoms with van der Waals surface area (Å²) >= 11 is 5.77. The predicted octanol–water partition coefficient (Wildman–Crippen LogP) is 2.57. The highest BCUT2D eigenvalue weighted by Crippen LogP contribution is 2.22. The first-order chi connectivity index (χ1) is 9.49. The topological polar surface area (TPSA) is 58.2 Å². The molecule has 0 aliphatic carbocycles. The van der Waals surface area contributed by atoms with E-state index in [2.05, 4.69) is 10.0 Å². The van der Waals surface area contributed by atoms with Gasteiger partial charge in [-0.15, -0.1) is 12.4 Å². The molecular formula is C13H19Cl2FN2O2S. The first-order valence-electron chi connectivity index (χ1n) is 6.64.